The summed E-state index contributed by atoms with van der Waals surface area (Å²) >= 11 is 5.31. The molecule has 1 amide bonds. The summed E-state index contributed by atoms with van der Waals surface area (Å²) in [7, 11) is 0. The predicted molar refractivity (Wildman–Crippen MR) is 121 cm³/mol. The molecule has 6 heteroatoms. The van der Waals surface area contributed by atoms with E-state index in [1.54, 1.807) is 12.1 Å². The van der Waals surface area contributed by atoms with E-state index in [9.17, 15) is 4.79 Å². The number of H-pyrrole nitrogens is 1. The summed E-state index contributed by atoms with van der Waals surface area (Å²) in [4.78, 5) is 20.3. The maximum atomic E-state index is 12.4. The first kappa shape index (κ1) is 18.8. The SMILES string of the molecule is CCc1ccc(C(=O)NC(=S)Nc2cccc(-c3nc4ccccc4[nH]3)c2)cc1. The number of hydrogen-bond acceptors (Lipinski definition) is 3. The summed E-state index contributed by atoms with van der Waals surface area (Å²) in [6.45, 7) is 2.08. The summed E-state index contributed by atoms with van der Waals surface area (Å²) in [5.41, 5.74) is 5.35. The molecule has 144 valence electrons. The van der Waals surface area contributed by atoms with Crippen LogP contribution in [0.15, 0.2) is 72.8 Å². The maximum absolute atomic E-state index is 12.4. The summed E-state index contributed by atoms with van der Waals surface area (Å²) in [5, 5.41) is 6.03. The molecule has 0 saturated carbocycles. The smallest absolute Gasteiger partial charge is 0.257 e. The summed E-state index contributed by atoms with van der Waals surface area (Å²) in [5.74, 6) is 0.541. The first-order chi connectivity index (χ1) is 14.1. The number of thiocarbonyl (C=S) groups is 1. The van der Waals surface area contributed by atoms with E-state index < -0.39 is 0 Å². The van der Waals surface area contributed by atoms with Gasteiger partial charge in [-0.3, -0.25) is 10.1 Å². The number of nitrogens with zero attached hydrogens (tertiary/aromatic N) is 1. The van der Waals surface area contributed by atoms with E-state index in [0.717, 1.165) is 34.5 Å². The average molecular weight is 401 g/mol. The number of hydrogen-bond donors (Lipinski definition) is 3. The number of carbonyl (C=O) groups excluding carboxylic acids is 1. The molecule has 29 heavy (non-hydrogen) atoms. The Morgan fingerprint density at radius 3 is 2.59 bits per heavy atom. The summed E-state index contributed by atoms with van der Waals surface area (Å²) in [6, 6.07) is 23.1. The number of rotatable bonds is 4. The number of aromatic nitrogens is 2. The quantitative estimate of drug-likeness (QED) is 0.425. The van der Waals surface area contributed by atoms with Gasteiger partial charge in [0.2, 0.25) is 0 Å². The van der Waals surface area contributed by atoms with Crippen molar-refractivity contribution in [2.45, 2.75) is 13.3 Å². The van der Waals surface area contributed by atoms with E-state index >= 15 is 0 Å². The van der Waals surface area contributed by atoms with Gasteiger partial charge in [-0.15, -0.1) is 0 Å². The summed E-state index contributed by atoms with van der Waals surface area (Å²) < 4.78 is 0. The second-order valence-corrected chi connectivity index (χ2v) is 7.05. The van der Waals surface area contributed by atoms with Crippen molar-refractivity contribution in [3.63, 3.8) is 0 Å². The first-order valence-electron chi connectivity index (χ1n) is 9.39. The van der Waals surface area contributed by atoms with Crippen molar-refractivity contribution in [2.24, 2.45) is 0 Å². The fourth-order valence-corrected chi connectivity index (χ4v) is 3.27. The number of nitrogens with one attached hydrogen (secondary N) is 3. The Morgan fingerprint density at radius 2 is 1.83 bits per heavy atom. The monoisotopic (exact) mass is 400 g/mol. The van der Waals surface area contributed by atoms with E-state index in [1.807, 2.05) is 60.7 Å². The Labute approximate surface area is 174 Å². The van der Waals surface area contributed by atoms with Crippen molar-refractivity contribution in [3.8, 4) is 11.4 Å². The van der Waals surface area contributed by atoms with Crippen LogP contribution in [0.25, 0.3) is 22.4 Å². The number of carbonyl (C=O) groups is 1. The fraction of sp³-hybridized carbons (Fsp3) is 0.0870. The number of imidazole rings is 1. The zero-order valence-electron chi connectivity index (χ0n) is 15.9. The van der Waals surface area contributed by atoms with Gasteiger partial charge in [-0.25, -0.2) is 4.98 Å². The number of aryl methyl sites for hydroxylation is 1. The van der Waals surface area contributed by atoms with E-state index in [-0.39, 0.29) is 11.0 Å². The molecular formula is C23H20N4OS. The van der Waals surface area contributed by atoms with Gasteiger partial charge in [-0.05, 0) is 60.6 Å². The minimum Gasteiger partial charge on any atom is -0.338 e. The summed E-state index contributed by atoms with van der Waals surface area (Å²) in [6.07, 6.45) is 0.934. The van der Waals surface area contributed by atoms with Gasteiger partial charge >= 0.3 is 0 Å². The molecule has 4 aromatic rings. The van der Waals surface area contributed by atoms with Crippen LogP contribution in [0.4, 0.5) is 5.69 Å². The Hall–Kier alpha value is -3.51. The molecule has 3 N–H and O–H groups in total. The number of benzene rings is 3. The molecule has 5 nitrogen and oxygen atoms in total. The second kappa shape index (κ2) is 8.24. The van der Waals surface area contributed by atoms with Crippen molar-refractivity contribution in [1.29, 1.82) is 0 Å². The van der Waals surface area contributed by atoms with Crippen molar-refractivity contribution < 1.29 is 4.79 Å². The number of aromatic amines is 1. The van der Waals surface area contributed by atoms with Crippen LogP contribution in [0.5, 0.6) is 0 Å². The molecule has 0 radical (unpaired) electrons. The Kier molecular flexibility index (Phi) is 5.35. The molecule has 0 bridgehead atoms. The van der Waals surface area contributed by atoms with Gasteiger partial charge < -0.3 is 10.3 Å². The van der Waals surface area contributed by atoms with Gasteiger partial charge in [0, 0.05) is 16.8 Å². The lowest BCUT2D eigenvalue weighted by atomic mass is 10.1. The van der Waals surface area contributed by atoms with Crippen LogP contribution >= 0.6 is 12.2 Å². The van der Waals surface area contributed by atoms with Crippen molar-refractivity contribution in [3.05, 3.63) is 83.9 Å². The third-order valence-corrected chi connectivity index (χ3v) is 4.84. The normalized spacial score (nSPS) is 10.7. The lowest BCUT2D eigenvalue weighted by molar-refractivity contribution is 0.0977. The van der Waals surface area contributed by atoms with Crippen LogP contribution in [0.1, 0.15) is 22.8 Å². The third kappa shape index (κ3) is 4.33. The molecule has 1 heterocycles. The van der Waals surface area contributed by atoms with Gasteiger partial charge in [-0.2, -0.15) is 0 Å². The molecule has 0 atom stereocenters. The minimum absolute atomic E-state index is 0.237. The topological polar surface area (TPSA) is 69.8 Å². The molecule has 4 rings (SSSR count). The van der Waals surface area contributed by atoms with Gasteiger partial charge in [0.25, 0.3) is 5.91 Å². The number of fused-ring (bicyclic) bond motifs is 1. The van der Waals surface area contributed by atoms with Crippen LogP contribution in [0, 0.1) is 0 Å². The molecule has 0 aliphatic carbocycles. The number of para-hydroxylation sites is 2. The molecular weight excluding hydrogens is 380 g/mol. The fourth-order valence-electron chi connectivity index (χ4n) is 3.06. The standard InChI is InChI=1S/C23H20N4OS/c1-2-15-10-12-16(13-11-15)22(28)27-23(29)24-18-7-5-6-17(14-18)21-25-19-8-3-4-9-20(19)26-21/h3-14H,2H2,1H3,(H,25,26)(H2,24,27,28,29). The molecule has 0 fully saturated rings. The molecule has 0 aliphatic heterocycles. The van der Waals surface area contributed by atoms with Crippen LogP contribution in [0.3, 0.4) is 0 Å². The van der Waals surface area contributed by atoms with E-state index in [1.165, 1.54) is 5.56 Å². The average Bonchev–Trinajstić information content (AvgIpc) is 3.18. The zero-order chi connectivity index (χ0) is 20.2. The zero-order valence-corrected chi connectivity index (χ0v) is 16.7. The largest absolute Gasteiger partial charge is 0.338 e. The molecule has 0 aliphatic rings. The van der Waals surface area contributed by atoms with Gasteiger partial charge in [-0.1, -0.05) is 43.3 Å². The van der Waals surface area contributed by atoms with E-state index in [2.05, 4.69) is 27.5 Å². The Morgan fingerprint density at radius 1 is 1.03 bits per heavy atom. The molecule has 3 aromatic carbocycles. The highest BCUT2D eigenvalue weighted by Crippen LogP contribution is 2.23. The van der Waals surface area contributed by atoms with Crippen molar-refractivity contribution in [2.75, 3.05) is 5.32 Å². The Bertz CT molecular complexity index is 1150. The lowest BCUT2D eigenvalue weighted by Crippen LogP contribution is -2.34. The van der Waals surface area contributed by atoms with Crippen LogP contribution in [-0.4, -0.2) is 21.0 Å². The van der Waals surface area contributed by atoms with Crippen molar-refractivity contribution in [1.82, 2.24) is 15.3 Å². The van der Waals surface area contributed by atoms with Crippen LogP contribution in [-0.2, 0) is 6.42 Å². The first-order valence-corrected chi connectivity index (χ1v) is 9.79. The maximum Gasteiger partial charge on any atom is 0.257 e. The van der Waals surface area contributed by atoms with Crippen LogP contribution in [0.2, 0.25) is 0 Å². The van der Waals surface area contributed by atoms with E-state index in [0.29, 0.717) is 5.56 Å². The van der Waals surface area contributed by atoms with E-state index in [4.69, 9.17) is 12.2 Å². The van der Waals surface area contributed by atoms with Gasteiger partial charge in [0.15, 0.2) is 5.11 Å². The molecule has 0 spiro atoms. The van der Waals surface area contributed by atoms with Gasteiger partial charge in [0.1, 0.15) is 5.82 Å². The Balaban J connectivity index is 1.45. The molecule has 0 unspecified atom stereocenters. The number of anilines is 1. The highest BCUT2D eigenvalue weighted by molar-refractivity contribution is 7.80. The van der Waals surface area contributed by atoms with Crippen LogP contribution < -0.4 is 10.6 Å². The highest BCUT2D eigenvalue weighted by Gasteiger charge is 2.09. The predicted octanol–water partition coefficient (Wildman–Crippen LogP) is 4.92. The molecule has 0 saturated heterocycles. The van der Waals surface area contributed by atoms with Crippen molar-refractivity contribution >= 4 is 40.0 Å². The third-order valence-electron chi connectivity index (χ3n) is 4.63. The van der Waals surface area contributed by atoms with Gasteiger partial charge in [0.05, 0.1) is 11.0 Å². The highest BCUT2D eigenvalue weighted by atomic mass is 32.1. The molecule has 1 aromatic heterocycles. The minimum atomic E-state index is -0.237. The lowest BCUT2D eigenvalue weighted by Gasteiger charge is -2.10. The number of amides is 1. The second-order valence-electron chi connectivity index (χ2n) is 6.64.